The number of aromatic nitrogens is 1. The summed E-state index contributed by atoms with van der Waals surface area (Å²) in [6, 6.07) is 1.26. The molecule has 0 aliphatic heterocycles. The van der Waals surface area contributed by atoms with Gasteiger partial charge in [-0.25, -0.2) is 4.79 Å². The Morgan fingerprint density at radius 1 is 1.60 bits per heavy atom. The average Bonchev–Trinajstić information content (AvgIpc) is 2.20. The van der Waals surface area contributed by atoms with E-state index in [9.17, 15) is 9.59 Å². The fraction of sp³-hybridized carbons (Fsp3) is 0.273. The fourth-order valence-corrected chi connectivity index (χ4v) is 1.15. The third-order valence-electron chi connectivity index (χ3n) is 2.11. The van der Waals surface area contributed by atoms with Crippen LogP contribution >= 0.6 is 0 Å². The van der Waals surface area contributed by atoms with E-state index in [1.165, 1.54) is 12.3 Å². The Kier molecular flexibility index (Phi) is 3.44. The van der Waals surface area contributed by atoms with Gasteiger partial charge in [0, 0.05) is 25.0 Å². The first-order chi connectivity index (χ1) is 7.04. The van der Waals surface area contributed by atoms with Crippen LogP contribution in [-0.4, -0.2) is 15.6 Å². The van der Waals surface area contributed by atoms with E-state index in [0.717, 1.165) is 12.0 Å². The van der Waals surface area contributed by atoms with Crippen molar-refractivity contribution < 1.29 is 9.90 Å². The molecule has 0 fully saturated rings. The zero-order chi connectivity index (χ0) is 11.4. The minimum absolute atomic E-state index is 0.207. The molecule has 4 nitrogen and oxygen atoms in total. The molecule has 15 heavy (non-hydrogen) atoms. The molecule has 0 atom stereocenters. The summed E-state index contributed by atoms with van der Waals surface area (Å²) in [6.07, 6.45) is 3.73. The molecular formula is C11H13NO3. The van der Waals surface area contributed by atoms with Crippen LogP contribution in [0.4, 0.5) is 0 Å². The Balaban J connectivity index is 3.03. The van der Waals surface area contributed by atoms with Crippen molar-refractivity contribution in [2.75, 3.05) is 0 Å². The average molecular weight is 207 g/mol. The molecule has 0 amide bonds. The number of carboxylic acid groups (broad SMARTS) is 1. The van der Waals surface area contributed by atoms with Crippen molar-refractivity contribution in [2.24, 2.45) is 0 Å². The number of rotatable bonds is 4. The van der Waals surface area contributed by atoms with Gasteiger partial charge < -0.3 is 9.67 Å². The van der Waals surface area contributed by atoms with E-state index >= 15 is 0 Å². The van der Waals surface area contributed by atoms with E-state index in [1.54, 1.807) is 10.8 Å². The molecule has 0 saturated carbocycles. The van der Waals surface area contributed by atoms with Crippen molar-refractivity contribution in [1.29, 1.82) is 0 Å². The van der Waals surface area contributed by atoms with Gasteiger partial charge in [0.05, 0.1) is 0 Å². The molecule has 1 aromatic heterocycles. The smallest absolute Gasteiger partial charge is 0.341 e. The minimum atomic E-state index is -1.20. The monoisotopic (exact) mass is 207 g/mol. The molecule has 1 N–H and O–H groups in total. The second-order valence-electron chi connectivity index (χ2n) is 3.30. The van der Waals surface area contributed by atoms with Crippen molar-refractivity contribution in [3.05, 3.63) is 46.4 Å². The first kappa shape index (κ1) is 11.2. The van der Waals surface area contributed by atoms with Crippen molar-refractivity contribution in [1.82, 2.24) is 4.57 Å². The number of nitrogens with zero attached hydrogens (tertiary/aromatic N) is 1. The predicted molar refractivity (Wildman–Crippen MR) is 57.1 cm³/mol. The zero-order valence-electron chi connectivity index (χ0n) is 8.56. The van der Waals surface area contributed by atoms with Gasteiger partial charge in [-0.05, 0) is 6.42 Å². The maximum atomic E-state index is 11.2. The third-order valence-corrected chi connectivity index (χ3v) is 2.11. The van der Waals surface area contributed by atoms with Crippen LogP contribution in [0.1, 0.15) is 23.7 Å². The van der Waals surface area contributed by atoms with Gasteiger partial charge in [-0.15, -0.1) is 0 Å². The molecule has 0 bridgehead atoms. The number of aromatic carboxylic acids is 1. The van der Waals surface area contributed by atoms with Gasteiger partial charge in [0.25, 0.3) is 0 Å². The van der Waals surface area contributed by atoms with Crippen LogP contribution in [0.2, 0.25) is 0 Å². The third kappa shape index (κ3) is 2.80. The predicted octanol–water partition coefficient (Wildman–Crippen LogP) is 1.51. The number of carboxylic acids is 1. The van der Waals surface area contributed by atoms with Crippen LogP contribution in [0.3, 0.4) is 0 Å². The summed E-state index contributed by atoms with van der Waals surface area (Å²) < 4.78 is 1.65. The summed E-state index contributed by atoms with van der Waals surface area (Å²) >= 11 is 0. The van der Waals surface area contributed by atoms with Gasteiger partial charge >= 0.3 is 5.97 Å². The highest BCUT2D eigenvalue weighted by Gasteiger charge is 2.08. The molecule has 4 heteroatoms. The number of hydrogen-bond donors (Lipinski definition) is 1. The minimum Gasteiger partial charge on any atom is -0.477 e. The number of pyridine rings is 1. The Morgan fingerprint density at radius 2 is 2.27 bits per heavy atom. The van der Waals surface area contributed by atoms with Gasteiger partial charge in [0.15, 0.2) is 5.43 Å². The van der Waals surface area contributed by atoms with Gasteiger partial charge in [-0.1, -0.05) is 19.1 Å². The normalized spacial score (nSPS) is 9.93. The summed E-state index contributed by atoms with van der Waals surface area (Å²) in [6.45, 7) is 6.33. The van der Waals surface area contributed by atoms with Crippen LogP contribution < -0.4 is 5.43 Å². The summed E-state index contributed by atoms with van der Waals surface area (Å²) in [5.74, 6) is -1.20. The summed E-state index contributed by atoms with van der Waals surface area (Å²) in [4.78, 5) is 21.8. The number of carbonyl (C=O) groups is 1. The van der Waals surface area contributed by atoms with Crippen molar-refractivity contribution in [3.63, 3.8) is 0 Å². The molecule has 0 saturated heterocycles. The van der Waals surface area contributed by atoms with Crippen LogP contribution in [0.25, 0.3) is 0 Å². The van der Waals surface area contributed by atoms with Crippen LogP contribution in [-0.2, 0) is 6.54 Å². The lowest BCUT2D eigenvalue weighted by molar-refractivity contribution is 0.0694. The molecule has 0 aliphatic rings. The van der Waals surface area contributed by atoms with Gasteiger partial charge in [-0.3, -0.25) is 4.79 Å². The largest absolute Gasteiger partial charge is 0.477 e. The van der Waals surface area contributed by atoms with Gasteiger partial charge in [0.1, 0.15) is 5.56 Å². The molecule has 0 aromatic carbocycles. The number of hydrogen-bond acceptors (Lipinski definition) is 2. The number of allylic oxidation sites excluding steroid dienone is 1. The highest BCUT2D eigenvalue weighted by molar-refractivity contribution is 5.86. The van der Waals surface area contributed by atoms with Crippen LogP contribution in [0, 0.1) is 0 Å². The quantitative estimate of drug-likeness (QED) is 0.761. The molecule has 0 spiro atoms. The molecule has 1 aromatic rings. The standard InChI is InChI=1S/C11H13NO3/c1-3-8(2)6-12-5-4-10(13)9(7-12)11(14)15/h4-5,7H,2-3,6H2,1H3,(H,14,15). The Morgan fingerprint density at radius 3 is 2.80 bits per heavy atom. The van der Waals surface area contributed by atoms with E-state index < -0.39 is 11.4 Å². The summed E-state index contributed by atoms with van der Waals surface area (Å²) in [5.41, 5.74) is 0.303. The van der Waals surface area contributed by atoms with Crippen molar-refractivity contribution in [2.45, 2.75) is 19.9 Å². The van der Waals surface area contributed by atoms with E-state index in [1.807, 2.05) is 6.92 Å². The van der Waals surface area contributed by atoms with Crippen LogP contribution in [0.5, 0.6) is 0 Å². The maximum absolute atomic E-state index is 11.2. The van der Waals surface area contributed by atoms with Crippen LogP contribution in [0.15, 0.2) is 35.4 Å². The molecule has 0 aliphatic carbocycles. The van der Waals surface area contributed by atoms with Crippen molar-refractivity contribution in [3.8, 4) is 0 Å². The van der Waals surface area contributed by atoms with E-state index in [4.69, 9.17) is 5.11 Å². The lowest BCUT2D eigenvalue weighted by atomic mass is 10.2. The lowest BCUT2D eigenvalue weighted by Crippen LogP contribution is -2.16. The van der Waals surface area contributed by atoms with E-state index in [0.29, 0.717) is 6.54 Å². The Bertz CT molecular complexity index is 445. The second kappa shape index (κ2) is 4.59. The molecule has 80 valence electrons. The summed E-state index contributed by atoms with van der Waals surface area (Å²) in [5, 5.41) is 8.75. The molecule has 1 rings (SSSR count). The molecule has 1 heterocycles. The van der Waals surface area contributed by atoms with Crippen molar-refractivity contribution >= 4 is 5.97 Å². The summed E-state index contributed by atoms with van der Waals surface area (Å²) in [7, 11) is 0. The lowest BCUT2D eigenvalue weighted by Gasteiger charge is -2.07. The molecular weight excluding hydrogens is 194 g/mol. The Hall–Kier alpha value is -1.84. The molecule has 0 radical (unpaired) electrons. The topological polar surface area (TPSA) is 59.3 Å². The first-order valence-corrected chi connectivity index (χ1v) is 4.64. The second-order valence-corrected chi connectivity index (χ2v) is 3.30. The SMILES string of the molecule is C=C(CC)Cn1ccc(=O)c(C(=O)O)c1. The fourth-order valence-electron chi connectivity index (χ4n) is 1.15. The highest BCUT2D eigenvalue weighted by atomic mass is 16.4. The van der Waals surface area contributed by atoms with Gasteiger partial charge in [0.2, 0.25) is 0 Å². The zero-order valence-corrected chi connectivity index (χ0v) is 8.56. The van der Waals surface area contributed by atoms with E-state index in [-0.39, 0.29) is 5.56 Å². The first-order valence-electron chi connectivity index (χ1n) is 4.64. The molecule has 0 unspecified atom stereocenters. The highest BCUT2D eigenvalue weighted by Crippen LogP contribution is 2.02. The maximum Gasteiger partial charge on any atom is 0.341 e. The van der Waals surface area contributed by atoms with Gasteiger partial charge in [-0.2, -0.15) is 0 Å². The van der Waals surface area contributed by atoms with E-state index in [2.05, 4.69) is 6.58 Å². The Labute approximate surface area is 87.5 Å².